The van der Waals surface area contributed by atoms with Crippen LogP contribution in [0.5, 0.6) is 0 Å². The molecule has 236 valence electrons. The molecule has 2 aliphatic rings. The standard InChI is InChI=1S/C32H30Cl2FN3O6S/c1-30(40,22-15-36-37(2)17-22)21-12-25-28(26(35)13-21)32(44-18-31(41)10-11-31,20-5-8-23(33)9-6-20)38(29(25)39)16-19-4-7-24(34)14-27(19)45(3,42)43/h4-9,12-15,17,40-41H,10-11,16,18H2,1-3H3/t30?,32-/m1/s1. The van der Waals surface area contributed by atoms with Gasteiger partial charge in [0.05, 0.1) is 41.0 Å². The van der Waals surface area contributed by atoms with Crippen molar-refractivity contribution in [2.75, 3.05) is 12.9 Å². The number of aromatic nitrogens is 2. The third-order valence-electron chi connectivity index (χ3n) is 8.48. The molecule has 0 bridgehead atoms. The van der Waals surface area contributed by atoms with Crippen LogP contribution in [0.1, 0.15) is 57.9 Å². The largest absolute Gasteiger partial charge is 0.387 e. The van der Waals surface area contributed by atoms with Crippen molar-refractivity contribution in [3.05, 3.63) is 116 Å². The van der Waals surface area contributed by atoms with Crippen molar-refractivity contribution < 1.29 is 32.6 Å². The average molecular weight is 675 g/mol. The first kappa shape index (κ1) is 31.7. The summed E-state index contributed by atoms with van der Waals surface area (Å²) in [5, 5.41) is 27.1. The first-order valence-electron chi connectivity index (χ1n) is 14.0. The Labute approximate surface area is 269 Å². The lowest BCUT2D eigenvalue weighted by Crippen LogP contribution is -2.48. The van der Waals surface area contributed by atoms with Gasteiger partial charge in [-0.2, -0.15) is 5.10 Å². The third kappa shape index (κ3) is 5.55. The fourth-order valence-corrected chi connectivity index (χ4v) is 7.07. The van der Waals surface area contributed by atoms with Gasteiger partial charge in [-0.05, 0) is 67.3 Å². The Balaban J connectivity index is 1.60. The zero-order chi connectivity index (χ0) is 32.5. The van der Waals surface area contributed by atoms with Crippen molar-refractivity contribution in [2.45, 2.75) is 48.1 Å². The number of fused-ring (bicyclic) bond motifs is 1. The maximum Gasteiger partial charge on any atom is 0.257 e. The molecule has 6 rings (SSSR count). The SMILES string of the molecule is Cn1cc(C(C)(O)c2cc(F)c3c(c2)C(=O)N(Cc2ccc(Cl)cc2S(C)(=O)=O)[C@@]3(OCC2(O)CC2)c2ccc(Cl)cc2)cn1. The molecule has 3 aromatic carbocycles. The summed E-state index contributed by atoms with van der Waals surface area (Å²) < 4.78 is 50.3. The van der Waals surface area contributed by atoms with E-state index in [4.69, 9.17) is 27.9 Å². The second-order valence-electron chi connectivity index (χ2n) is 11.9. The molecule has 1 amide bonds. The van der Waals surface area contributed by atoms with E-state index >= 15 is 4.39 Å². The Hall–Kier alpha value is -3.32. The number of aliphatic hydroxyl groups is 2. The van der Waals surface area contributed by atoms with Gasteiger partial charge in [-0.3, -0.25) is 14.4 Å². The van der Waals surface area contributed by atoms with Crippen LogP contribution in [0, 0.1) is 5.82 Å². The highest BCUT2D eigenvalue weighted by Crippen LogP contribution is 2.50. The fraction of sp³-hybridized carbons (Fsp3) is 0.312. The second kappa shape index (κ2) is 10.9. The molecule has 2 heterocycles. The lowest BCUT2D eigenvalue weighted by atomic mass is 9.85. The molecule has 4 aromatic rings. The summed E-state index contributed by atoms with van der Waals surface area (Å²) >= 11 is 12.4. The Morgan fingerprint density at radius 3 is 2.33 bits per heavy atom. The van der Waals surface area contributed by atoms with Gasteiger partial charge in [-0.15, -0.1) is 0 Å². The van der Waals surface area contributed by atoms with Crippen LogP contribution < -0.4 is 0 Å². The molecular formula is C32H30Cl2FN3O6S. The summed E-state index contributed by atoms with van der Waals surface area (Å²) in [7, 11) is -2.14. The number of aryl methyl sites for hydroxylation is 1. The molecule has 0 saturated heterocycles. The number of carbonyl (C=O) groups excluding carboxylic acids is 1. The van der Waals surface area contributed by atoms with Gasteiger partial charge in [0.25, 0.3) is 5.91 Å². The summed E-state index contributed by atoms with van der Waals surface area (Å²) in [6, 6.07) is 13.2. The van der Waals surface area contributed by atoms with E-state index < -0.39 is 38.5 Å². The summed E-state index contributed by atoms with van der Waals surface area (Å²) in [5.74, 6) is -1.53. The molecule has 1 aliphatic heterocycles. The number of nitrogens with zero attached hydrogens (tertiary/aromatic N) is 3. The van der Waals surface area contributed by atoms with Crippen molar-refractivity contribution in [3.63, 3.8) is 0 Å². The average Bonchev–Trinajstić information content (AvgIpc) is 3.45. The summed E-state index contributed by atoms with van der Waals surface area (Å²) in [6.45, 7) is 0.898. The van der Waals surface area contributed by atoms with Crippen molar-refractivity contribution in [2.24, 2.45) is 7.05 Å². The predicted molar refractivity (Wildman–Crippen MR) is 165 cm³/mol. The van der Waals surface area contributed by atoms with Crippen LogP contribution in [0.2, 0.25) is 10.0 Å². The van der Waals surface area contributed by atoms with E-state index in [9.17, 15) is 23.4 Å². The maximum atomic E-state index is 16.7. The van der Waals surface area contributed by atoms with E-state index in [-0.39, 0.29) is 45.3 Å². The van der Waals surface area contributed by atoms with Gasteiger partial charge in [0, 0.05) is 40.7 Å². The number of hydrogen-bond acceptors (Lipinski definition) is 7. The van der Waals surface area contributed by atoms with Crippen molar-refractivity contribution >= 4 is 38.9 Å². The van der Waals surface area contributed by atoms with Crippen LogP contribution in [-0.2, 0) is 39.5 Å². The number of carbonyl (C=O) groups is 1. The monoisotopic (exact) mass is 673 g/mol. The summed E-state index contributed by atoms with van der Waals surface area (Å²) in [6.07, 6.45) is 4.97. The van der Waals surface area contributed by atoms with Crippen LogP contribution in [0.25, 0.3) is 0 Å². The highest BCUT2D eigenvalue weighted by Gasteiger charge is 2.56. The lowest BCUT2D eigenvalue weighted by Gasteiger charge is -2.40. The quantitative estimate of drug-likeness (QED) is 0.259. The van der Waals surface area contributed by atoms with Gasteiger partial charge in [0.1, 0.15) is 11.4 Å². The van der Waals surface area contributed by atoms with Crippen molar-refractivity contribution in [1.82, 2.24) is 14.7 Å². The Kier molecular flexibility index (Phi) is 7.66. The van der Waals surface area contributed by atoms with Crippen LogP contribution in [0.4, 0.5) is 4.39 Å². The predicted octanol–water partition coefficient (Wildman–Crippen LogP) is 4.92. The molecule has 1 fully saturated rings. The fourth-order valence-electron chi connectivity index (χ4n) is 5.76. The second-order valence-corrected chi connectivity index (χ2v) is 14.8. The molecule has 2 N–H and O–H groups in total. The minimum absolute atomic E-state index is 0.0936. The summed E-state index contributed by atoms with van der Waals surface area (Å²) in [4.78, 5) is 15.7. The van der Waals surface area contributed by atoms with Gasteiger partial charge >= 0.3 is 0 Å². The van der Waals surface area contributed by atoms with E-state index in [2.05, 4.69) is 5.10 Å². The first-order chi connectivity index (χ1) is 21.0. The molecular weight excluding hydrogens is 644 g/mol. The van der Waals surface area contributed by atoms with Gasteiger partial charge in [-0.25, -0.2) is 12.8 Å². The Bertz CT molecular complexity index is 1940. The van der Waals surface area contributed by atoms with Crippen LogP contribution in [0.15, 0.2) is 71.9 Å². The van der Waals surface area contributed by atoms with E-state index in [0.29, 0.717) is 29.0 Å². The molecule has 1 saturated carbocycles. The minimum Gasteiger partial charge on any atom is -0.387 e. The van der Waals surface area contributed by atoms with Crippen molar-refractivity contribution in [3.8, 4) is 0 Å². The Morgan fingerprint density at radius 2 is 1.73 bits per heavy atom. The zero-order valence-electron chi connectivity index (χ0n) is 24.6. The molecule has 45 heavy (non-hydrogen) atoms. The first-order valence-corrected chi connectivity index (χ1v) is 16.7. The van der Waals surface area contributed by atoms with Crippen LogP contribution in [-0.4, -0.2) is 57.7 Å². The van der Waals surface area contributed by atoms with Gasteiger partial charge in [-0.1, -0.05) is 41.4 Å². The number of sulfone groups is 1. The van der Waals surface area contributed by atoms with Crippen molar-refractivity contribution in [1.29, 1.82) is 0 Å². The Morgan fingerprint density at radius 1 is 1.07 bits per heavy atom. The highest BCUT2D eigenvalue weighted by molar-refractivity contribution is 7.90. The molecule has 13 heteroatoms. The van der Waals surface area contributed by atoms with E-state index in [1.807, 2.05) is 0 Å². The molecule has 1 aromatic heterocycles. The lowest BCUT2D eigenvalue weighted by molar-refractivity contribution is -0.139. The van der Waals surface area contributed by atoms with Crippen LogP contribution >= 0.6 is 23.2 Å². The molecule has 0 radical (unpaired) electrons. The smallest absolute Gasteiger partial charge is 0.257 e. The van der Waals surface area contributed by atoms with Gasteiger partial charge < -0.3 is 14.9 Å². The van der Waals surface area contributed by atoms with Gasteiger partial charge in [0.2, 0.25) is 0 Å². The van der Waals surface area contributed by atoms with Crippen LogP contribution in [0.3, 0.4) is 0 Å². The minimum atomic E-state index is -3.81. The maximum absolute atomic E-state index is 16.7. The normalized spacial score (nSPS) is 20.3. The molecule has 1 aliphatic carbocycles. The number of benzene rings is 3. The summed E-state index contributed by atoms with van der Waals surface area (Å²) in [5.41, 5.74) is -4.08. The molecule has 2 atom stereocenters. The number of halogens is 3. The number of ether oxygens (including phenoxy) is 1. The van der Waals surface area contributed by atoms with E-state index in [1.165, 1.54) is 47.0 Å². The zero-order valence-corrected chi connectivity index (χ0v) is 26.9. The topological polar surface area (TPSA) is 122 Å². The van der Waals surface area contributed by atoms with E-state index in [0.717, 1.165) is 12.3 Å². The van der Waals surface area contributed by atoms with Gasteiger partial charge in [0.15, 0.2) is 15.6 Å². The molecule has 1 unspecified atom stereocenters. The number of rotatable bonds is 9. The molecule has 0 spiro atoms. The number of amides is 1. The molecule has 9 nitrogen and oxygen atoms in total. The third-order valence-corrected chi connectivity index (χ3v) is 10.1. The number of hydrogen-bond donors (Lipinski definition) is 2. The van der Waals surface area contributed by atoms with E-state index in [1.54, 1.807) is 37.5 Å². The highest BCUT2D eigenvalue weighted by atomic mass is 35.5.